The second kappa shape index (κ2) is 7.60. The van der Waals surface area contributed by atoms with Crippen LogP contribution in [0.15, 0.2) is 0 Å². The highest BCUT2D eigenvalue weighted by Gasteiger charge is 2.40. The Bertz CT molecular complexity index is 352. The largest absolute Gasteiger partial charge is 0.383 e. The van der Waals surface area contributed by atoms with E-state index in [1.165, 1.54) is 12.8 Å². The molecule has 1 fully saturated rings. The molecule has 0 heterocycles. The summed E-state index contributed by atoms with van der Waals surface area (Å²) >= 11 is 0. The summed E-state index contributed by atoms with van der Waals surface area (Å²) in [7, 11) is -1.11. The third-order valence-corrected chi connectivity index (χ3v) is 6.01. The van der Waals surface area contributed by atoms with Crippen LogP contribution in [0.3, 0.4) is 0 Å². The van der Waals surface area contributed by atoms with E-state index in [4.69, 9.17) is 4.74 Å². The van der Waals surface area contributed by atoms with E-state index in [9.17, 15) is 8.42 Å². The molecule has 1 rings (SSSR count). The molecule has 0 radical (unpaired) electrons. The van der Waals surface area contributed by atoms with Crippen molar-refractivity contribution < 1.29 is 13.2 Å². The summed E-state index contributed by atoms with van der Waals surface area (Å²) in [5.74, 6) is 1.37. The van der Waals surface area contributed by atoms with Gasteiger partial charge in [-0.05, 0) is 37.0 Å². The van der Waals surface area contributed by atoms with E-state index in [1.54, 1.807) is 14.0 Å². The minimum absolute atomic E-state index is 0.247. The van der Waals surface area contributed by atoms with Gasteiger partial charge in [-0.25, -0.2) is 8.42 Å². The second-order valence-corrected chi connectivity index (χ2v) is 8.41. The lowest BCUT2D eigenvalue weighted by Gasteiger charge is -2.30. The van der Waals surface area contributed by atoms with Crippen LogP contribution in [0, 0.1) is 11.3 Å². The number of hydrogen-bond donors (Lipinski definition) is 1. The zero-order valence-corrected chi connectivity index (χ0v) is 13.4. The van der Waals surface area contributed by atoms with Crippen molar-refractivity contribution in [2.24, 2.45) is 11.3 Å². The molecule has 0 spiro atoms. The molecule has 0 saturated heterocycles. The van der Waals surface area contributed by atoms with Crippen molar-refractivity contribution in [1.29, 1.82) is 0 Å². The van der Waals surface area contributed by atoms with Gasteiger partial charge in [0.15, 0.2) is 0 Å². The first-order valence-electron chi connectivity index (χ1n) is 7.33. The van der Waals surface area contributed by atoms with Crippen LogP contribution in [0.2, 0.25) is 0 Å². The number of rotatable bonds is 11. The molecule has 0 aromatic heterocycles. The van der Waals surface area contributed by atoms with Gasteiger partial charge >= 0.3 is 0 Å². The molecule has 0 aromatic rings. The van der Waals surface area contributed by atoms with Crippen LogP contribution >= 0.6 is 0 Å². The molecule has 0 aliphatic heterocycles. The molecule has 1 N–H and O–H groups in total. The third-order valence-electron chi connectivity index (χ3n) is 4.22. The molecule has 19 heavy (non-hydrogen) atoms. The first-order chi connectivity index (χ1) is 8.93. The van der Waals surface area contributed by atoms with Crippen molar-refractivity contribution in [2.45, 2.75) is 39.5 Å². The van der Waals surface area contributed by atoms with Crippen LogP contribution < -0.4 is 5.32 Å². The minimum Gasteiger partial charge on any atom is -0.383 e. The first kappa shape index (κ1) is 16.9. The Balaban J connectivity index is 2.34. The predicted octanol–water partition coefficient (Wildman–Crippen LogP) is 1.85. The van der Waals surface area contributed by atoms with Gasteiger partial charge in [-0.2, -0.15) is 0 Å². The van der Waals surface area contributed by atoms with Crippen LogP contribution in [-0.4, -0.2) is 46.7 Å². The van der Waals surface area contributed by atoms with Gasteiger partial charge in [0.05, 0.1) is 12.4 Å². The molecule has 1 aliphatic carbocycles. The second-order valence-electron chi connectivity index (χ2n) is 5.94. The number of ether oxygens (including phenoxy) is 1. The monoisotopic (exact) mass is 291 g/mol. The molecule has 114 valence electrons. The Kier molecular flexibility index (Phi) is 6.77. The van der Waals surface area contributed by atoms with Gasteiger partial charge in [-0.1, -0.05) is 13.8 Å². The van der Waals surface area contributed by atoms with Gasteiger partial charge in [0.25, 0.3) is 0 Å². The number of sulfone groups is 1. The zero-order chi connectivity index (χ0) is 14.4. The van der Waals surface area contributed by atoms with Crippen LogP contribution in [0.5, 0.6) is 0 Å². The van der Waals surface area contributed by atoms with Gasteiger partial charge in [-0.15, -0.1) is 0 Å². The lowest BCUT2D eigenvalue weighted by Crippen LogP contribution is -2.35. The Morgan fingerprint density at radius 3 is 2.58 bits per heavy atom. The van der Waals surface area contributed by atoms with Crippen LogP contribution in [0.1, 0.15) is 39.5 Å². The van der Waals surface area contributed by atoms with E-state index in [-0.39, 0.29) is 11.2 Å². The smallest absolute Gasteiger partial charge is 0.150 e. The van der Waals surface area contributed by atoms with Crippen molar-refractivity contribution in [2.75, 3.05) is 38.3 Å². The lowest BCUT2D eigenvalue weighted by molar-refractivity contribution is 0.183. The highest BCUT2D eigenvalue weighted by molar-refractivity contribution is 7.91. The average molecular weight is 291 g/mol. The molecule has 4 nitrogen and oxygen atoms in total. The maximum atomic E-state index is 11.5. The summed E-state index contributed by atoms with van der Waals surface area (Å²) in [5.41, 5.74) is 0.247. The van der Waals surface area contributed by atoms with Crippen molar-refractivity contribution >= 4 is 9.84 Å². The number of methoxy groups -OCH3 is 1. The van der Waals surface area contributed by atoms with E-state index < -0.39 is 9.84 Å². The minimum atomic E-state index is -2.82. The Hall–Kier alpha value is -0.130. The molecule has 0 amide bonds. The van der Waals surface area contributed by atoms with Crippen LogP contribution in [0.25, 0.3) is 0 Å². The molecule has 1 atom stereocenters. The van der Waals surface area contributed by atoms with E-state index in [0.717, 1.165) is 38.5 Å². The van der Waals surface area contributed by atoms with Gasteiger partial charge in [0.2, 0.25) is 0 Å². The topological polar surface area (TPSA) is 55.4 Å². The van der Waals surface area contributed by atoms with Crippen LogP contribution in [0.4, 0.5) is 0 Å². The normalized spacial score (nSPS) is 19.3. The standard InChI is InChI=1S/C14H29NO3S/c1-4-19(16,17)11-5-8-14(2,13-6-7-13)12-15-9-10-18-3/h13,15H,4-12H2,1-3H3. The average Bonchev–Trinajstić information content (AvgIpc) is 3.19. The van der Waals surface area contributed by atoms with Crippen molar-refractivity contribution in [1.82, 2.24) is 5.32 Å². The fourth-order valence-corrected chi connectivity index (χ4v) is 3.48. The van der Waals surface area contributed by atoms with Gasteiger partial charge < -0.3 is 10.1 Å². The molecule has 0 aromatic carbocycles. The fraction of sp³-hybridized carbons (Fsp3) is 1.00. The molecular formula is C14H29NO3S. The van der Waals surface area contributed by atoms with E-state index in [1.807, 2.05) is 0 Å². The summed E-state index contributed by atoms with van der Waals surface area (Å²) < 4.78 is 28.1. The maximum absolute atomic E-state index is 11.5. The predicted molar refractivity (Wildman–Crippen MR) is 79.1 cm³/mol. The highest BCUT2D eigenvalue weighted by Crippen LogP contribution is 2.47. The van der Waals surface area contributed by atoms with Gasteiger partial charge in [0, 0.05) is 26.0 Å². The Morgan fingerprint density at radius 2 is 2.05 bits per heavy atom. The van der Waals surface area contributed by atoms with Gasteiger partial charge in [0.1, 0.15) is 9.84 Å². The molecular weight excluding hydrogens is 262 g/mol. The molecule has 1 saturated carbocycles. The SMILES string of the molecule is CCS(=O)(=O)CCCC(C)(CNCCOC)C1CC1. The van der Waals surface area contributed by atoms with Crippen molar-refractivity contribution in [3.63, 3.8) is 0 Å². The highest BCUT2D eigenvalue weighted by atomic mass is 32.2. The van der Waals surface area contributed by atoms with E-state index in [0.29, 0.717) is 5.75 Å². The molecule has 1 aliphatic rings. The van der Waals surface area contributed by atoms with Crippen molar-refractivity contribution in [3.05, 3.63) is 0 Å². The number of nitrogens with one attached hydrogen (secondary N) is 1. The maximum Gasteiger partial charge on any atom is 0.150 e. The Labute approximate surface area is 118 Å². The summed E-state index contributed by atoms with van der Waals surface area (Å²) in [4.78, 5) is 0. The zero-order valence-electron chi connectivity index (χ0n) is 12.6. The lowest BCUT2D eigenvalue weighted by atomic mass is 9.80. The third kappa shape index (κ3) is 6.23. The summed E-state index contributed by atoms with van der Waals surface area (Å²) in [6, 6.07) is 0. The van der Waals surface area contributed by atoms with E-state index in [2.05, 4.69) is 12.2 Å². The summed E-state index contributed by atoms with van der Waals surface area (Å²) in [5, 5.41) is 3.44. The number of hydrogen-bond acceptors (Lipinski definition) is 4. The first-order valence-corrected chi connectivity index (χ1v) is 9.16. The van der Waals surface area contributed by atoms with Gasteiger partial charge in [-0.3, -0.25) is 0 Å². The summed E-state index contributed by atoms with van der Waals surface area (Å²) in [6.45, 7) is 6.58. The molecule has 5 heteroatoms. The quantitative estimate of drug-likeness (QED) is 0.590. The molecule has 0 bridgehead atoms. The Morgan fingerprint density at radius 1 is 1.37 bits per heavy atom. The summed E-state index contributed by atoms with van der Waals surface area (Å²) in [6.07, 6.45) is 4.37. The fourth-order valence-electron chi connectivity index (χ4n) is 2.61. The van der Waals surface area contributed by atoms with E-state index >= 15 is 0 Å². The molecule has 1 unspecified atom stereocenters. The van der Waals surface area contributed by atoms with Crippen LogP contribution in [-0.2, 0) is 14.6 Å². The van der Waals surface area contributed by atoms with Crippen molar-refractivity contribution in [3.8, 4) is 0 Å².